The molecule has 1 aromatic rings. The van der Waals surface area contributed by atoms with Crippen LogP contribution in [0.1, 0.15) is 55.8 Å². The van der Waals surface area contributed by atoms with Crippen LogP contribution in [-0.2, 0) is 6.54 Å². The average Bonchev–Trinajstić information content (AvgIpc) is 2.78. The molecule has 0 radical (unpaired) electrons. The van der Waals surface area contributed by atoms with E-state index in [9.17, 15) is 5.26 Å². The number of imidazole rings is 1. The average molecular weight is 230 g/mol. The molecule has 0 spiro atoms. The van der Waals surface area contributed by atoms with Crippen LogP contribution in [0.5, 0.6) is 0 Å². The molecule has 3 rings (SSSR count). The molecule has 2 heterocycles. The molecule has 4 nitrogen and oxygen atoms in total. The van der Waals surface area contributed by atoms with Gasteiger partial charge in [0.2, 0.25) is 5.95 Å². The van der Waals surface area contributed by atoms with E-state index < -0.39 is 0 Å². The van der Waals surface area contributed by atoms with Gasteiger partial charge < -0.3 is 9.88 Å². The number of hydrogen-bond donors (Lipinski definition) is 1. The molecule has 0 saturated heterocycles. The second-order valence-corrected chi connectivity index (χ2v) is 5.05. The summed E-state index contributed by atoms with van der Waals surface area (Å²) in [7, 11) is 0. The lowest BCUT2D eigenvalue weighted by molar-refractivity contribution is 0.436. The number of nitrogens with zero attached hydrogens (tertiary/aromatic N) is 3. The monoisotopic (exact) mass is 230 g/mol. The molecule has 4 heteroatoms. The topological polar surface area (TPSA) is 53.6 Å². The highest BCUT2D eigenvalue weighted by atomic mass is 15.2. The predicted molar refractivity (Wildman–Crippen MR) is 65.9 cm³/mol. The highest BCUT2D eigenvalue weighted by Crippen LogP contribution is 2.35. The summed E-state index contributed by atoms with van der Waals surface area (Å²) >= 11 is 0. The third kappa shape index (κ3) is 1.80. The van der Waals surface area contributed by atoms with Gasteiger partial charge in [-0.1, -0.05) is 19.3 Å². The van der Waals surface area contributed by atoms with Crippen molar-refractivity contribution in [3.05, 3.63) is 11.4 Å². The Labute approximate surface area is 102 Å². The van der Waals surface area contributed by atoms with Crippen LogP contribution in [0.4, 0.5) is 5.95 Å². The zero-order chi connectivity index (χ0) is 11.7. The molecule has 0 atom stereocenters. The normalized spacial score (nSPS) is 20.4. The first-order chi connectivity index (χ1) is 8.40. The summed E-state index contributed by atoms with van der Waals surface area (Å²) in [6.45, 7) is 1.91. The van der Waals surface area contributed by atoms with Gasteiger partial charge >= 0.3 is 0 Å². The Hall–Kier alpha value is -1.50. The van der Waals surface area contributed by atoms with Crippen molar-refractivity contribution in [3.8, 4) is 6.07 Å². The van der Waals surface area contributed by atoms with E-state index in [1.807, 2.05) is 0 Å². The summed E-state index contributed by atoms with van der Waals surface area (Å²) in [5.74, 6) is 1.42. The van der Waals surface area contributed by atoms with Crippen LogP contribution in [0.15, 0.2) is 0 Å². The summed E-state index contributed by atoms with van der Waals surface area (Å²) < 4.78 is 2.06. The van der Waals surface area contributed by atoms with Crippen molar-refractivity contribution in [2.24, 2.45) is 0 Å². The molecule has 90 valence electrons. The van der Waals surface area contributed by atoms with E-state index in [1.54, 1.807) is 0 Å². The van der Waals surface area contributed by atoms with Crippen molar-refractivity contribution in [1.82, 2.24) is 9.55 Å². The summed E-state index contributed by atoms with van der Waals surface area (Å²) in [6.07, 6.45) is 7.39. The Kier molecular flexibility index (Phi) is 2.76. The maximum Gasteiger partial charge on any atom is 0.204 e. The Morgan fingerprint density at radius 3 is 2.82 bits per heavy atom. The van der Waals surface area contributed by atoms with Gasteiger partial charge in [0, 0.05) is 19.0 Å². The van der Waals surface area contributed by atoms with E-state index in [0.29, 0.717) is 5.92 Å². The Morgan fingerprint density at radius 2 is 2.06 bits per heavy atom. The van der Waals surface area contributed by atoms with Crippen LogP contribution < -0.4 is 5.32 Å². The highest BCUT2D eigenvalue weighted by molar-refractivity contribution is 5.43. The minimum atomic E-state index is 0.512. The van der Waals surface area contributed by atoms with Crippen molar-refractivity contribution < 1.29 is 0 Å². The molecule has 1 fully saturated rings. The number of fused-ring (bicyclic) bond motifs is 1. The number of nitriles is 1. The highest BCUT2D eigenvalue weighted by Gasteiger charge is 2.26. The van der Waals surface area contributed by atoms with Crippen LogP contribution >= 0.6 is 0 Å². The van der Waals surface area contributed by atoms with Gasteiger partial charge in [-0.3, -0.25) is 0 Å². The zero-order valence-electron chi connectivity index (χ0n) is 10.1. The van der Waals surface area contributed by atoms with Gasteiger partial charge in [0.15, 0.2) is 0 Å². The number of nitrogens with one attached hydrogen (secondary N) is 1. The van der Waals surface area contributed by atoms with Crippen molar-refractivity contribution in [1.29, 1.82) is 5.26 Å². The Bertz CT molecular complexity index is 449. The van der Waals surface area contributed by atoms with E-state index in [0.717, 1.165) is 36.8 Å². The molecule has 0 bridgehead atoms. The molecule has 1 N–H and O–H groups in total. The van der Waals surface area contributed by atoms with Gasteiger partial charge in [-0.15, -0.1) is 0 Å². The van der Waals surface area contributed by atoms with Gasteiger partial charge in [0.1, 0.15) is 11.8 Å². The molecule has 1 aliphatic carbocycles. The van der Waals surface area contributed by atoms with Crippen LogP contribution in [0.2, 0.25) is 0 Å². The number of hydrogen-bond acceptors (Lipinski definition) is 3. The van der Waals surface area contributed by atoms with E-state index in [-0.39, 0.29) is 0 Å². The SMILES string of the molecule is N#Cc1c(C2CCCCC2)nc2n1CCCN2. The van der Waals surface area contributed by atoms with Crippen molar-refractivity contribution in [2.45, 2.75) is 51.0 Å². The standard InChI is InChI=1S/C13H18N4/c14-9-11-12(10-5-2-1-3-6-10)16-13-15-7-4-8-17(11)13/h10H,1-8H2,(H,15,16). The summed E-state index contributed by atoms with van der Waals surface area (Å²) in [5, 5.41) is 12.7. The summed E-state index contributed by atoms with van der Waals surface area (Å²) in [6, 6.07) is 2.36. The number of anilines is 1. The fourth-order valence-corrected chi connectivity index (χ4v) is 3.04. The lowest BCUT2D eigenvalue weighted by Crippen LogP contribution is -2.18. The molecule has 2 aliphatic rings. The third-order valence-electron chi connectivity index (χ3n) is 3.93. The van der Waals surface area contributed by atoms with Gasteiger partial charge in [0.25, 0.3) is 0 Å². The molecule has 0 amide bonds. The third-order valence-corrected chi connectivity index (χ3v) is 3.93. The van der Waals surface area contributed by atoms with Gasteiger partial charge in [-0.05, 0) is 19.3 Å². The second kappa shape index (κ2) is 4.40. The minimum Gasteiger partial charge on any atom is -0.356 e. The van der Waals surface area contributed by atoms with E-state index >= 15 is 0 Å². The largest absolute Gasteiger partial charge is 0.356 e. The van der Waals surface area contributed by atoms with Gasteiger partial charge in [-0.2, -0.15) is 5.26 Å². The van der Waals surface area contributed by atoms with Crippen LogP contribution in [0.25, 0.3) is 0 Å². The second-order valence-electron chi connectivity index (χ2n) is 5.05. The van der Waals surface area contributed by atoms with Crippen LogP contribution in [0.3, 0.4) is 0 Å². The first-order valence-electron chi connectivity index (χ1n) is 6.64. The first kappa shape index (κ1) is 10.6. The number of rotatable bonds is 1. The van der Waals surface area contributed by atoms with Gasteiger partial charge in [0.05, 0.1) is 5.69 Å². The Morgan fingerprint density at radius 1 is 1.24 bits per heavy atom. The quantitative estimate of drug-likeness (QED) is 0.806. The molecule has 0 unspecified atom stereocenters. The fraction of sp³-hybridized carbons (Fsp3) is 0.692. The van der Waals surface area contributed by atoms with E-state index in [1.165, 1.54) is 32.1 Å². The molecule has 1 aromatic heterocycles. The molecular weight excluding hydrogens is 212 g/mol. The molecule has 17 heavy (non-hydrogen) atoms. The number of aromatic nitrogens is 2. The van der Waals surface area contributed by atoms with E-state index in [2.05, 4.69) is 20.9 Å². The predicted octanol–water partition coefficient (Wildman–Crippen LogP) is 2.62. The summed E-state index contributed by atoms with van der Waals surface area (Å²) in [4.78, 5) is 4.67. The minimum absolute atomic E-state index is 0.512. The Balaban J connectivity index is 1.98. The molecule has 1 aliphatic heterocycles. The lowest BCUT2D eigenvalue weighted by Gasteiger charge is -2.20. The van der Waals surface area contributed by atoms with Crippen molar-refractivity contribution in [2.75, 3.05) is 11.9 Å². The zero-order valence-corrected chi connectivity index (χ0v) is 10.1. The van der Waals surface area contributed by atoms with Crippen molar-refractivity contribution >= 4 is 5.95 Å². The molecule has 1 saturated carbocycles. The first-order valence-corrected chi connectivity index (χ1v) is 6.64. The van der Waals surface area contributed by atoms with Crippen LogP contribution in [-0.4, -0.2) is 16.1 Å². The lowest BCUT2D eigenvalue weighted by atomic mass is 9.86. The molecule has 0 aromatic carbocycles. The van der Waals surface area contributed by atoms with Crippen LogP contribution in [0, 0.1) is 11.3 Å². The maximum atomic E-state index is 9.36. The maximum absolute atomic E-state index is 9.36. The smallest absolute Gasteiger partial charge is 0.204 e. The molecular formula is C13H18N4. The van der Waals surface area contributed by atoms with Crippen molar-refractivity contribution in [3.63, 3.8) is 0 Å². The summed E-state index contributed by atoms with van der Waals surface area (Å²) in [5.41, 5.74) is 1.86. The van der Waals surface area contributed by atoms with Gasteiger partial charge in [-0.25, -0.2) is 4.98 Å². The fourth-order valence-electron chi connectivity index (χ4n) is 3.04. The van der Waals surface area contributed by atoms with E-state index in [4.69, 9.17) is 0 Å².